The van der Waals surface area contributed by atoms with Crippen molar-refractivity contribution in [3.8, 4) is 11.1 Å². The number of fused-ring (bicyclic) bond motifs is 8. The molecule has 3 heteroatoms. The Bertz CT molecular complexity index is 913. The molecule has 2 bridgehead atoms. The summed E-state index contributed by atoms with van der Waals surface area (Å²) in [5, 5.41) is 1.92. The Kier molecular flexibility index (Phi) is 2.54. The molecule has 4 atom stereocenters. The molecule has 1 aliphatic heterocycles. The molecular weight excluding hydrogens is 308 g/mol. The van der Waals surface area contributed by atoms with Crippen LogP contribution in [0.3, 0.4) is 0 Å². The number of carbonyl (C=O) groups excluding carboxylic acids is 1. The molecular formula is C22H21N2O+. The third-order valence-electron chi connectivity index (χ3n) is 6.97. The van der Waals surface area contributed by atoms with Gasteiger partial charge in [-0.3, -0.25) is 4.79 Å². The summed E-state index contributed by atoms with van der Waals surface area (Å²) in [6.45, 7) is 0. The molecule has 0 unspecified atom stereocenters. The highest BCUT2D eigenvalue weighted by molar-refractivity contribution is 6.22. The smallest absolute Gasteiger partial charge is 0.268 e. The molecule has 0 spiro atoms. The van der Waals surface area contributed by atoms with Gasteiger partial charge in [0.05, 0.1) is 18.2 Å². The number of carbonyl (C=O) groups is 1. The van der Waals surface area contributed by atoms with Crippen molar-refractivity contribution in [2.24, 2.45) is 17.8 Å². The van der Waals surface area contributed by atoms with E-state index in [0.29, 0.717) is 23.8 Å². The number of hydrogen-bond acceptors (Lipinski definition) is 1. The van der Waals surface area contributed by atoms with Crippen LogP contribution in [0, 0.1) is 17.8 Å². The second-order valence-corrected chi connectivity index (χ2v) is 8.00. The molecule has 6 rings (SSSR count). The van der Waals surface area contributed by atoms with Crippen LogP contribution in [0.5, 0.6) is 0 Å². The lowest BCUT2D eigenvalue weighted by molar-refractivity contribution is -0.683. The lowest BCUT2D eigenvalue weighted by Gasteiger charge is -2.18. The average molecular weight is 329 g/mol. The Morgan fingerprint density at radius 1 is 0.880 bits per heavy atom. The van der Waals surface area contributed by atoms with Gasteiger partial charge in [-0.1, -0.05) is 36.4 Å². The molecule has 3 nitrogen and oxygen atoms in total. The van der Waals surface area contributed by atoms with E-state index in [9.17, 15) is 4.79 Å². The maximum absolute atomic E-state index is 13.0. The predicted molar refractivity (Wildman–Crippen MR) is 96.2 cm³/mol. The van der Waals surface area contributed by atoms with Gasteiger partial charge in [-0.15, -0.1) is 9.69 Å². The van der Waals surface area contributed by atoms with Crippen LogP contribution in [-0.2, 0) is 4.79 Å². The second-order valence-electron chi connectivity index (χ2n) is 8.00. The number of benzene rings is 2. The van der Waals surface area contributed by atoms with Gasteiger partial charge < -0.3 is 0 Å². The van der Waals surface area contributed by atoms with E-state index in [-0.39, 0.29) is 5.92 Å². The molecule has 2 saturated carbocycles. The Morgan fingerprint density at radius 3 is 2.08 bits per heavy atom. The fraction of sp³-hybridized carbons (Fsp3) is 0.364. The molecule has 2 aromatic carbocycles. The summed E-state index contributed by atoms with van der Waals surface area (Å²) in [6.07, 6.45) is 3.75. The number of hydrazine groups is 1. The van der Waals surface area contributed by atoms with Gasteiger partial charge >= 0.3 is 0 Å². The number of hydrazone groups is 1. The molecule has 25 heavy (non-hydrogen) atoms. The molecule has 0 aromatic heterocycles. The molecule has 1 heterocycles. The van der Waals surface area contributed by atoms with Crippen LogP contribution < -0.4 is 0 Å². The van der Waals surface area contributed by atoms with Crippen molar-refractivity contribution in [3.63, 3.8) is 0 Å². The Labute approximate surface area is 147 Å². The second kappa shape index (κ2) is 4.60. The van der Waals surface area contributed by atoms with E-state index in [2.05, 4.69) is 53.2 Å². The van der Waals surface area contributed by atoms with Gasteiger partial charge in [0.2, 0.25) is 5.71 Å². The summed E-state index contributed by atoms with van der Waals surface area (Å²) >= 11 is 0. The molecule has 4 aliphatic rings. The Morgan fingerprint density at radius 2 is 1.44 bits per heavy atom. The Hall–Kier alpha value is -2.42. The van der Waals surface area contributed by atoms with Crippen molar-refractivity contribution >= 4 is 11.6 Å². The SMILES string of the molecule is CN1C(=O)[C@H]2[C@@H]3CC[C@@H](C3)[C@H]2[N+]1=C1c2ccccc2-c2ccccc21. The van der Waals surface area contributed by atoms with Gasteiger partial charge in [0.15, 0.2) is 6.04 Å². The zero-order valence-corrected chi connectivity index (χ0v) is 14.4. The monoisotopic (exact) mass is 329 g/mol. The summed E-state index contributed by atoms with van der Waals surface area (Å²) in [7, 11) is 1.97. The van der Waals surface area contributed by atoms with Gasteiger partial charge in [-0.25, -0.2) is 0 Å². The van der Waals surface area contributed by atoms with Crippen LogP contribution in [0.2, 0.25) is 0 Å². The van der Waals surface area contributed by atoms with Crippen molar-refractivity contribution in [2.75, 3.05) is 7.05 Å². The molecule has 2 aromatic rings. The molecule has 1 saturated heterocycles. The lowest BCUT2D eigenvalue weighted by Crippen LogP contribution is -2.39. The van der Waals surface area contributed by atoms with Gasteiger partial charge in [-0.05, 0) is 48.4 Å². The van der Waals surface area contributed by atoms with E-state index in [4.69, 9.17) is 0 Å². The highest BCUT2D eigenvalue weighted by Crippen LogP contribution is 2.53. The normalized spacial score (nSPS) is 31.6. The molecule has 0 radical (unpaired) electrons. The first-order valence-corrected chi connectivity index (χ1v) is 9.38. The van der Waals surface area contributed by atoms with E-state index < -0.39 is 0 Å². The van der Waals surface area contributed by atoms with E-state index in [1.807, 2.05) is 12.1 Å². The highest BCUT2D eigenvalue weighted by Gasteiger charge is 2.65. The van der Waals surface area contributed by atoms with Crippen molar-refractivity contribution in [1.29, 1.82) is 0 Å². The first-order chi connectivity index (χ1) is 12.3. The highest BCUT2D eigenvalue weighted by atomic mass is 16.2. The first kappa shape index (κ1) is 13.8. The van der Waals surface area contributed by atoms with Gasteiger partial charge in [0, 0.05) is 5.92 Å². The number of rotatable bonds is 0. The largest absolute Gasteiger partial charge is 0.287 e. The molecule has 124 valence electrons. The zero-order chi connectivity index (χ0) is 16.7. The minimum absolute atomic E-state index is 0.205. The number of nitrogens with zero attached hydrogens (tertiary/aromatic N) is 2. The zero-order valence-electron chi connectivity index (χ0n) is 14.4. The van der Waals surface area contributed by atoms with Crippen LogP contribution in [0.1, 0.15) is 30.4 Å². The van der Waals surface area contributed by atoms with Crippen LogP contribution in [0.4, 0.5) is 0 Å². The fourth-order valence-electron chi connectivity index (χ4n) is 6.02. The summed E-state index contributed by atoms with van der Waals surface area (Å²) in [6, 6.07) is 17.6. The third kappa shape index (κ3) is 1.57. The first-order valence-electron chi connectivity index (χ1n) is 9.38. The van der Waals surface area contributed by atoms with Gasteiger partial charge in [-0.2, -0.15) is 0 Å². The minimum Gasteiger partial charge on any atom is -0.268 e. The molecule has 1 amide bonds. The van der Waals surface area contributed by atoms with E-state index >= 15 is 0 Å². The van der Waals surface area contributed by atoms with Crippen LogP contribution in [0.25, 0.3) is 11.1 Å². The van der Waals surface area contributed by atoms with Crippen LogP contribution >= 0.6 is 0 Å². The van der Waals surface area contributed by atoms with Crippen LogP contribution in [-0.4, -0.2) is 34.4 Å². The third-order valence-corrected chi connectivity index (χ3v) is 6.97. The average Bonchev–Trinajstić information content (AvgIpc) is 3.38. The molecule has 0 N–H and O–H groups in total. The quantitative estimate of drug-likeness (QED) is 0.580. The summed E-state index contributed by atoms with van der Waals surface area (Å²) in [4.78, 5) is 13.0. The standard InChI is InChI=1S/C22H21N2O/c1-23-22(25)19-13-10-11-14(12-13)20(19)24(23)21-17-8-4-2-6-15(17)16-7-3-5-9-18(16)21/h2-9,13-14,19-20H,10-12H2,1H3/q+1/t13-,14+,19+,20-/m1/s1. The van der Waals surface area contributed by atoms with E-state index in [1.54, 1.807) is 0 Å². The predicted octanol–water partition coefficient (Wildman–Crippen LogP) is 3.32. The minimum atomic E-state index is 0.205. The van der Waals surface area contributed by atoms with Crippen molar-refractivity contribution in [1.82, 2.24) is 5.01 Å². The lowest BCUT2D eigenvalue weighted by atomic mass is 9.85. The molecule has 3 fully saturated rings. The number of amides is 1. The maximum Gasteiger partial charge on any atom is 0.287 e. The fourth-order valence-corrected chi connectivity index (χ4v) is 6.02. The van der Waals surface area contributed by atoms with E-state index in [1.165, 1.54) is 47.2 Å². The van der Waals surface area contributed by atoms with Crippen molar-refractivity contribution in [2.45, 2.75) is 25.3 Å². The topological polar surface area (TPSA) is 23.3 Å². The summed E-state index contributed by atoms with van der Waals surface area (Å²) < 4.78 is 2.36. The summed E-state index contributed by atoms with van der Waals surface area (Å²) in [5.74, 6) is 1.79. The Balaban J connectivity index is 1.67. The maximum atomic E-state index is 13.0. The number of hydrogen-bond donors (Lipinski definition) is 0. The van der Waals surface area contributed by atoms with Gasteiger partial charge in [0.1, 0.15) is 5.92 Å². The molecule has 3 aliphatic carbocycles. The van der Waals surface area contributed by atoms with Crippen molar-refractivity contribution < 1.29 is 9.48 Å². The van der Waals surface area contributed by atoms with E-state index in [0.717, 1.165) is 0 Å². The van der Waals surface area contributed by atoms with Gasteiger partial charge in [0.25, 0.3) is 5.91 Å². The van der Waals surface area contributed by atoms with Crippen LogP contribution in [0.15, 0.2) is 48.5 Å². The summed E-state index contributed by atoms with van der Waals surface area (Å²) in [5.41, 5.74) is 6.36. The van der Waals surface area contributed by atoms with Crippen molar-refractivity contribution in [3.05, 3.63) is 59.7 Å².